The Hall–Kier alpha value is -1.20. The van der Waals surface area contributed by atoms with Crippen molar-refractivity contribution in [2.75, 3.05) is 12.4 Å². The minimum Gasteiger partial charge on any atom is -0.381 e. The molecule has 0 amide bonds. The molecule has 4 rings (SSSR count). The van der Waals surface area contributed by atoms with E-state index in [-0.39, 0.29) is 0 Å². The molecule has 0 radical (unpaired) electrons. The molecule has 0 aliphatic heterocycles. The number of fused-ring (bicyclic) bond motifs is 3. The van der Waals surface area contributed by atoms with Crippen LogP contribution in [-0.2, 0) is 17.6 Å². The lowest BCUT2D eigenvalue weighted by Gasteiger charge is -2.29. The summed E-state index contributed by atoms with van der Waals surface area (Å²) in [6.45, 7) is 0. The van der Waals surface area contributed by atoms with Crippen LogP contribution in [0.15, 0.2) is 6.33 Å². The minimum absolute atomic E-state index is 0.391. The van der Waals surface area contributed by atoms with E-state index in [1.807, 2.05) is 18.4 Å². The highest BCUT2D eigenvalue weighted by Crippen LogP contribution is 2.39. The van der Waals surface area contributed by atoms with E-state index >= 15 is 0 Å². The van der Waals surface area contributed by atoms with Gasteiger partial charge in [0.1, 0.15) is 17.0 Å². The SMILES string of the molecule is COC1CCCC(Nc2ncnc3sc4c(c23)CCC4)C1. The first kappa shape index (κ1) is 13.5. The lowest BCUT2D eigenvalue weighted by atomic mass is 9.93. The average Bonchev–Trinajstić information content (AvgIpc) is 3.08. The summed E-state index contributed by atoms with van der Waals surface area (Å²) >= 11 is 1.85. The van der Waals surface area contributed by atoms with Crippen LogP contribution in [0.5, 0.6) is 0 Å². The van der Waals surface area contributed by atoms with Crippen LogP contribution >= 0.6 is 11.3 Å². The molecule has 0 bridgehead atoms. The van der Waals surface area contributed by atoms with Crippen LogP contribution in [0.4, 0.5) is 5.82 Å². The van der Waals surface area contributed by atoms with Crippen molar-refractivity contribution in [3.05, 3.63) is 16.8 Å². The van der Waals surface area contributed by atoms with Crippen LogP contribution < -0.4 is 5.32 Å². The maximum Gasteiger partial charge on any atom is 0.138 e. The predicted molar refractivity (Wildman–Crippen MR) is 86.1 cm³/mol. The molecule has 5 heteroatoms. The van der Waals surface area contributed by atoms with Gasteiger partial charge in [-0.15, -0.1) is 11.3 Å². The van der Waals surface area contributed by atoms with Gasteiger partial charge in [-0.05, 0) is 50.5 Å². The van der Waals surface area contributed by atoms with Crippen molar-refractivity contribution in [3.63, 3.8) is 0 Å². The molecule has 2 aliphatic rings. The number of methoxy groups -OCH3 is 1. The van der Waals surface area contributed by atoms with Gasteiger partial charge in [0.2, 0.25) is 0 Å². The summed E-state index contributed by atoms with van der Waals surface area (Å²) in [5.41, 5.74) is 1.50. The van der Waals surface area contributed by atoms with Crippen molar-refractivity contribution >= 4 is 27.4 Å². The number of anilines is 1. The molecule has 0 saturated heterocycles. The fourth-order valence-electron chi connectivity index (χ4n) is 3.72. The molecular formula is C16H21N3OS. The van der Waals surface area contributed by atoms with Gasteiger partial charge in [-0.2, -0.15) is 0 Å². The van der Waals surface area contributed by atoms with Crippen molar-refractivity contribution in [2.45, 2.75) is 57.1 Å². The van der Waals surface area contributed by atoms with E-state index in [0.717, 1.165) is 17.1 Å². The maximum absolute atomic E-state index is 5.53. The van der Waals surface area contributed by atoms with Gasteiger partial charge in [-0.25, -0.2) is 9.97 Å². The predicted octanol–water partition coefficient (Wildman–Crippen LogP) is 3.55. The number of nitrogens with one attached hydrogen (secondary N) is 1. The number of hydrogen-bond acceptors (Lipinski definition) is 5. The first-order valence-corrected chi connectivity index (χ1v) is 8.71. The molecule has 4 nitrogen and oxygen atoms in total. The molecule has 1 saturated carbocycles. The largest absolute Gasteiger partial charge is 0.381 e. The van der Waals surface area contributed by atoms with Crippen LogP contribution in [0.25, 0.3) is 10.2 Å². The van der Waals surface area contributed by atoms with Crippen LogP contribution in [0.3, 0.4) is 0 Å². The third-order valence-electron chi connectivity index (χ3n) is 4.80. The Kier molecular flexibility index (Phi) is 3.55. The van der Waals surface area contributed by atoms with Gasteiger partial charge in [-0.3, -0.25) is 0 Å². The molecule has 112 valence electrons. The lowest BCUT2D eigenvalue weighted by Crippen LogP contribution is -2.31. The quantitative estimate of drug-likeness (QED) is 0.942. The maximum atomic E-state index is 5.53. The number of ether oxygens (including phenoxy) is 1. The van der Waals surface area contributed by atoms with E-state index in [1.54, 1.807) is 6.33 Å². The van der Waals surface area contributed by atoms with Crippen molar-refractivity contribution in [2.24, 2.45) is 0 Å². The molecule has 1 fully saturated rings. The van der Waals surface area contributed by atoms with Crippen molar-refractivity contribution in [3.8, 4) is 0 Å². The summed E-state index contributed by atoms with van der Waals surface area (Å²) in [5, 5.41) is 4.97. The summed E-state index contributed by atoms with van der Waals surface area (Å²) in [7, 11) is 1.82. The van der Waals surface area contributed by atoms with E-state index in [9.17, 15) is 0 Å². The van der Waals surface area contributed by atoms with E-state index in [4.69, 9.17) is 4.74 Å². The first-order chi connectivity index (χ1) is 10.3. The van der Waals surface area contributed by atoms with Gasteiger partial charge < -0.3 is 10.1 Å². The highest BCUT2D eigenvalue weighted by atomic mass is 32.1. The number of aryl methyl sites for hydroxylation is 2. The van der Waals surface area contributed by atoms with Crippen LogP contribution in [-0.4, -0.2) is 29.2 Å². The van der Waals surface area contributed by atoms with Gasteiger partial charge in [0, 0.05) is 18.0 Å². The molecular weight excluding hydrogens is 282 g/mol. The number of aromatic nitrogens is 2. The molecule has 2 aromatic heterocycles. The summed E-state index contributed by atoms with van der Waals surface area (Å²) in [4.78, 5) is 11.7. The van der Waals surface area contributed by atoms with Crippen molar-refractivity contribution in [1.29, 1.82) is 0 Å². The van der Waals surface area contributed by atoms with Gasteiger partial charge in [0.15, 0.2) is 0 Å². The van der Waals surface area contributed by atoms with E-state index in [1.165, 1.54) is 54.4 Å². The van der Waals surface area contributed by atoms with Crippen LogP contribution in [0, 0.1) is 0 Å². The summed E-state index contributed by atoms with van der Waals surface area (Å²) < 4.78 is 5.53. The zero-order valence-electron chi connectivity index (χ0n) is 12.4. The Balaban J connectivity index is 1.64. The molecule has 0 spiro atoms. The van der Waals surface area contributed by atoms with Gasteiger partial charge >= 0.3 is 0 Å². The molecule has 2 atom stereocenters. The second-order valence-corrected chi connectivity index (χ2v) is 7.21. The Labute approximate surface area is 128 Å². The highest BCUT2D eigenvalue weighted by molar-refractivity contribution is 7.19. The third kappa shape index (κ3) is 2.42. The van der Waals surface area contributed by atoms with Gasteiger partial charge in [0.25, 0.3) is 0 Å². The summed E-state index contributed by atoms with van der Waals surface area (Å²) in [6, 6.07) is 0.471. The molecule has 21 heavy (non-hydrogen) atoms. The first-order valence-electron chi connectivity index (χ1n) is 7.89. The summed E-state index contributed by atoms with van der Waals surface area (Å²) in [6.07, 6.45) is 10.5. The van der Waals surface area contributed by atoms with Gasteiger partial charge in [0.05, 0.1) is 11.5 Å². The zero-order valence-corrected chi connectivity index (χ0v) is 13.2. The zero-order chi connectivity index (χ0) is 14.2. The number of hydrogen-bond donors (Lipinski definition) is 1. The molecule has 2 unspecified atom stereocenters. The van der Waals surface area contributed by atoms with Crippen molar-refractivity contribution < 1.29 is 4.74 Å². The summed E-state index contributed by atoms with van der Waals surface area (Å²) in [5.74, 6) is 1.04. The monoisotopic (exact) mass is 303 g/mol. The topological polar surface area (TPSA) is 47.0 Å². The average molecular weight is 303 g/mol. The molecule has 1 N–H and O–H groups in total. The van der Waals surface area contributed by atoms with Crippen LogP contribution in [0.1, 0.15) is 42.5 Å². The third-order valence-corrected chi connectivity index (χ3v) is 6.00. The molecule has 0 aromatic carbocycles. The molecule has 2 heterocycles. The highest BCUT2D eigenvalue weighted by Gasteiger charge is 2.25. The van der Waals surface area contributed by atoms with Crippen molar-refractivity contribution in [1.82, 2.24) is 9.97 Å². The van der Waals surface area contributed by atoms with E-state index in [0.29, 0.717) is 12.1 Å². The lowest BCUT2D eigenvalue weighted by molar-refractivity contribution is 0.0669. The van der Waals surface area contributed by atoms with Gasteiger partial charge in [-0.1, -0.05) is 0 Å². The fraction of sp³-hybridized carbons (Fsp3) is 0.625. The fourth-order valence-corrected chi connectivity index (χ4v) is 4.95. The normalized spacial score (nSPS) is 25.2. The Morgan fingerprint density at radius 3 is 3.10 bits per heavy atom. The number of nitrogens with zero attached hydrogens (tertiary/aromatic N) is 2. The van der Waals surface area contributed by atoms with E-state index in [2.05, 4.69) is 15.3 Å². The minimum atomic E-state index is 0.391. The Morgan fingerprint density at radius 1 is 1.24 bits per heavy atom. The van der Waals surface area contributed by atoms with E-state index < -0.39 is 0 Å². The second kappa shape index (κ2) is 5.54. The van der Waals surface area contributed by atoms with Crippen LogP contribution in [0.2, 0.25) is 0 Å². The molecule has 2 aliphatic carbocycles. The standard InChI is InChI=1S/C16H21N3OS/c1-20-11-5-2-4-10(8-11)19-15-14-12-6-3-7-13(12)21-16(14)18-9-17-15/h9-11H,2-8H2,1H3,(H,17,18,19). The number of thiophene rings is 1. The molecule has 2 aromatic rings. The number of rotatable bonds is 3. The smallest absolute Gasteiger partial charge is 0.138 e. The second-order valence-electron chi connectivity index (χ2n) is 6.13. The Bertz CT molecular complexity index is 654. The Morgan fingerprint density at radius 2 is 2.19 bits per heavy atom.